The van der Waals surface area contributed by atoms with Crippen molar-refractivity contribution < 1.29 is 0 Å². The second kappa shape index (κ2) is 3.84. The summed E-state index contributed by atoms with van der Waals surface area (Å²) in [5, 5.41) is 4.19. The molecule has 1 nitrogen and oxygen atoms in total. The van der Waals surface area contributed by atoms with Gasteiger partial charge in [0.1, 0.15) is 0 Å². The van der Waals surface area contributed by atoms with E-state index >= 15 is 0 Å². The van der Waals surface area contributed by atoms with Crippen LogP contribution in [0, 0.1) is 0 Å². The van der Waals surface area contributed by atoms with Gasteiger partial charge in [-0.15, -0.1) is 0 Å². The normalized spacial score (nSPS) is 20.3. The summed E-state index contributed by atoms with van der Waals surface area (Å²) in [5.74, 6) is 0.462. The van der Waals surface area contributed by atoms with Crippen molar-refractivity contribution in [2.75, 3.05) is 6.54 Å². The Morgan fingerprint density at radius 2 is 2.08 bits per heavy atom. The number of halogens is 2. The van der Waals surface area contributed by atoms with Crippen LogP contribution in [-0.4, -0.2) is 6.54 Å². The van der Waals surface area contributed by atoms with E-state index in [0.717, 1.165) is 15.5 Å². The molecule has 13 heavy (non-hydrogen) atoms. The highest BCUT2D eigenvalue weighted by molar-refractivity contribution is 9.13. The zero-order valence-electron chi connectivity index (χ0n) is 6.87. The van der Waals surface area contributed by atoms with Crippen LogP contribution in [0.1, 0.15) is 11.5 Å². The van der Waals surface area contributed by atoms with Crippen molar-refractivity contribution in [1.29, 1.82) is 0 Å². The SMILES string of the molecule is Brc1ccc(C2C=C[N]C2)cc1Br. The van der Waals surface area contributed by atoms with Gasteiger partial charge in [-0.2, -0.15) is 0 Å². The van der Waals surface area contributed by atoms with Crippen molar-refractivity contribution in [1.82, 2.24) is 5.32 Å². The standard InChI is InChI=1S/C10H8Br2N/c11-9-2-1-7(5-10(9)12)8-3-4-13-6-8/h1-5,8H,6H2. The maximum atomic E-state index is 4.19. The summed E-state index contributed by atoms with van der Waals surface area (Å²) < 4.78 is 2.19. The Morgan fingerprint density at radius 1 is 1.23 bits per heavy atom. The van der Waals surface area contributed by atoms with Crippen LogP contribution in [0.5, 0.6) is 0 Å². The number of hydrogen-bond donors (Lipinski definition) is 0. The van der Waals surface area contributed by atoms with Crippen molar-refractivity contribution >= 4 is 31.9 Å². The molecule has 1 radical (unpaired) electrons. The molecule has 0 saturated carbocycles. The third-order valence-electron chi connectivity index (χ3n) is 2.10. The maximum absolute atomic E-state index is 4.19. The molecule has 1 heterocycles. The van der Waals surface area contributed by atoms with Crippen molar-refractivity contribution in [2.45, 2.75) is 5.92 Å². The Hall–Kier alpha value is -0.280. The van der Waals surface area contributed by atoms with E-state index in [0.29, 0.717) is 5.92 Å². The van der Waals surface area contributed by atoms with E-state index < -0.39 is 0 Å². The highest BCUT2D eigenvalue weighted by Crippen LogP contribution is 2.28. The zero-order chi connectivity index (χ0) is 9.26. The van der Waals surface area contributed by atoms with Gasteiger partial charge in [0.05, 0.1) is 0 Å². The Balaban J connectivity index is 2.30. The summed E-state index contributed by atoms with van der Waals surface area (Å²) in [4.78, 5) is 0. The molecule has 1 aromatic rings. The van der Waals surface area contributed by atoms with Crippen molar-refractivity contribution in [3.8, 4) is 0 Å². The van der Waals surface area contributed by atoms with E-state index in [9.17, 15) is 0 Å². The first-order chi connectivity index (χ1) is 6.27. The molecular formula is C10H8Br2N. The first kappa shape index (κ1) is 9.28. The van der Waals surface area contributed by atoms with E-state index in [4.69, 9.17) is 0 Å². The molecule has 67 valence electrons. The van der Waals surface area contributed by atoms with Gasteiger partial charge in [0.15, 0.2) is 0 Å². The number of hydrogen-bond acceptors (Lipinski definition) is 0. The molecule has 0 aromatic heterocycles. The van der Waals surface area contributed by atoms with Crippen LogP contribution in [-0.2, 0) is 0 Å². The monoisotopic (exact) mass is 300 g/mol. The molecule has 0 aliphatic carbocycles. The Labute approximate surface area is 94.5 Å². The van der Waals surface area contributed by atoms with Crippen LogP contribution in [0.15, 0.2) is 39.4 Å². The van der Waals surface area contributed by atoms with E-state index in [1.54, 1.807) is 0 Å². The van der Waals surface area contributed by atoms with Gasteiger partial charge >= 0.3 is 0 Å². The highest BCUT2D eigenvalue weighted by Gasteiger charge is 2.12. The van der Waals surface area contributed by atoms with Gasteiger partial charge in [0.25, 0.3) is 0 Å². The second-order valence-electron chi connectivity index (χ2n) is 2.99. The Morgan fingerprint density at radius 3 is 2.69 bits per heavy atom. The first-order valence-corrected chi connectivity index (χ1v) is 5.64. The minimum Gasteiger partial charge on any atom is -0.293 e. The molecule has 0 saturated heterocycles. The fraction of sp³-hybridized carbons (Fsp3) is 0.200. The van der Waals surface area contributed by atoms with E-state index in [1.165, 1.54) is 5.56 Å². The summed E-state index contributed by atoms with van der Waals surface area (Å²) in [6, 6.07) is 6.33. The van der Waals surface area contributed by atoms with Crippen molar-refractivity contribution in [2.24, 2.45) is 0 Å². The molecule has 0 fully saturated rings. The smallest absolute Gasteiger partial charge is 0.0493 e. The molecule has 1 aliphatic heterocycles. The highest BCUT2D eigenvalue weighted by atomic mass is 79.9. The average Bonchev–Trinajstić information content (AvgIpc) is 2.62. The Bertz CT molecular complexity index is 347. The average molecular weight is 302 g/mol. The summed E-state index contributed by atoms with van der Waals surface area (Å²) in [5.41, 5.74) is 1.31. The predicted molar refractivity (Wildman–Crippen MR) is 60.7 cm³/mol. The molecule has 1 aromatic carbocycles. The van der Waals surface area contributed by atoms with Gasteiger partial charge < -0.3 is 0 Å². The van der Waals surface area contributed by atoms with Gasteiger partial charge in [-0.3, -0.25) is 5.32 Å². The second-order valence-corrected chi connectivity index (χ2v) is 4.70. The molecule has 2 rings (SSSR count). The van der Waals surface area contributed by atoms with Crippen LogP contribution in [0.4, 0.5) is 0 Å². The Kier molecular flexibility index (Phi) is 2.74. The van der Waals surface area contributed by atoms with Gasteiger partial charge in [-0.25, -0.2) is 0 Å². The molecule has 0 bridgehead atoms. The fourth-order valence-electron chi connectivity index (χ4n) is 1.36. The van der Waals surface area contributed by atoms with E-state index in [2.05, 4.69) is 61.5 Å². The lowest BCUT2D eigenvalue weighted by Gasteiger charge is -2.07. The molecular weight excluding hydrogens is 294 g/mol. The quantitative estimate of drug-likeness (QED) is 0.754. The lowest BCUT2D eigenvalue weighted by atomic mass is 10.0. The van der Waals surface area contributed by atoms with Gasteiger partial charge in [-0.1, -0.05) is 12.1 Å². The molecule has 0 spiro atoms. The van der Waals surface area contributed by atoms with Gasteiger partial charge in [-0.05, 0) is 49.6 Å². The van der Waals surface area contributed by atoms with Crippen LogP contribution in [0.25, 0.3) is 0 Å². The van der Waals surface area contributed by atoms with E-state index in [-0.39, 0.29) is 0 Å². The fourth-order valence-corrected chi connectivity index (χ4v) is 2.00. The number of benzene rings is 1. The first-order valence-electron chi connectivity index (χ1n) is 4.05. The lowest BCUT2D eigenvalue weighted by Crippen LogP contribution is -2.01. The van der Waals surface area contributed by atoms with Crippen molar-refractivity contribution in [3.63, 3.8) is 0 Å². The molecule has 1 aliphatic rings. The van der Waals surface area contributed by atoms with Crippen LogP contribution < -0.4 is 5.32 Å². The van der Waals surface area contributed by atoms with E-state index in [1.807, 2.05) is 6.20 Å². The number of rotatable bonds is 1. The van der Waals surface area contributed by atoms with Crippen LogP contribution in [0.2, 0.25) is 0 Å². The number of nitrogens with zero attached hydrogens (tertiary/aromatic N) is 1. The van der Waals surface area contributed by atoms with Gasteiger partial charge in [0.2, 0.25) is 0 Å². The maximum Gasteiger partial charge on any atom is 0.0493 e. The third-order valence-corrected chi connectivity index (χ3v) is 3.98. The van der Waals surface area contributed by atoms with Crippen LogP contribution >= 0.6 is 31.9 Å². The minimum absolute atomic E-state index is 0.462. The summed E-state index contributed by atoms with van der Waals surface area (Å²) in [6.45, 7) is 0.883. The zero-order valence-corrected chi connectivity index (χ0v) is 10.0. The lowest BCUT2D eigenvalue weighted by molar-refractivity contribution is 0.802. The molecule has 0 amide bonds. The van der Waals surface area contributed by atoms with Crippen LogP contribution in [0.3, 0.4) is 0 Å². The minimum atomic E-state index is 0.462. The molecule has 0 N–H and O–H groups in total. The van der Waals surface area contributed by atoms with Gasteiger partial charge in [0, 0.05) is 27.6 Å². The summed E-state index contributed by atoms with van der Waals surface area (Å²) >= 11 is 6.94. The summed E-state index contributed by atoms with van der Waals surface area (Å²) in [6.07, 6.45) is 4.02. The molecule has 1 atom stereocenters. The molecule has 1 unspecified atom stereocenters. The largest absolute Gasteiger partial charge is 0.293 e. The topological polar surface area (TPSA) is 14.1 Å². The summed E-state index contributed by atoms with van der Waals surface area (Å²) in [7, 11) is 0. The predicted octanol–water partition coefficient (Wildman–Crippen LogP) is 3.43. The van der Waals surface area contributed by atoms with Crippen molar-refractivity contribution in [3.05, 3.63) is 45.0 Å². The third kappa shape index (κ3) is 1.97. The molecule has 3 heteroatoms.